The van der Waals surface area contributed by atoms with Gasteiger partial charge in [-0.05, 0) is 67.1 Å². The smallest absolute Gasteiger partial charge is 0.382 e. The number of alkyl halides is 9. The van der Waals surface area contributed by atoms with Crippen molar-refractivity contribution in [2.45, 2.75) is 74.4 Å². The van der Waals surface area contributed by atoms with Crippen molar-refractivity contribution in [2.24, 2.45) is 16.0 Å². The highest BCUT2D eigenvalue weighted by Gasteiger charge is 2.67. The van der Waals surface area contributed by atoms with Crippen LogP contribution in [0.15, 0.2) is 63.8 Å². The highest BCUT2D eigenvalue weighted by molar-refractivity contribution is 7.91. The number of benzene rings is 2. The molecule has 3 aromatic heterocycles. The van der Waals surface area contributed by atoms with Crippen LogP contribution in [0.1, 0.15) is 77.2 Å². The van der Waals surface area contributed by atoms with Crippen LogP contribution in [-0.4, -0.2) is 62.7 Å². The Bertz CT molecular complexity index is 2960. The largest absolute Gasteiger partial charge is 0.433 e. The summed E-state index contributed by atoms with van der Waals surface area (Å²) in [6.45, 7) is -2.43. The summed E-state index contributed by atoms with van der Waals surface area (Å²) in [7, 11) is -4.30. The zero-order valence-corrected chi connectivity index (χ0v) is 34.8. The average Bonchev–Trinajstić information content (AvgIpc) is 4.15. The number of hydrogen-bond acceptors (Lipinski definition) is 8. The first-order chi connectivity index (χ1) is 30.9. The van der Waals surface area contributed by atoms with Crippen LogP contribution in [0.5, 0.6) is 0 Å². The molecule has 3 atom stereocenters. The molecule has 0 saturated heterocycles. The van der Waals surface area contributed by atoms with Gasteiger partial charge in [0.15, 0.2) is 0 Å². The summed E-state index contributed by atoms with van der Waals surface area (Å²) in [5.41, 5.74) is -2.10. The first-order valence-corrected chi connectivity index (χ1v) is 21.5. The third kappa shape index (κ3) is 9.05. The Labute approximate surface area is 370 Å². The van der Waals surface area contributed by atoms with Gasteiger partial charge >= 0.3 is 6.18 Å². The number of amides is 1. The predicted octanol–water partition coefficient (Wildman–Crippen LogP) is 7.56. The van der Waals surface area contributed by atoms with Gasteiger partial charge in [0.2, 0.25) is 5.91 Å². The third-order valence-electron chi connectivity index (χ3n) is 10.9. The Morgan fingerprint density at radius 2 is 1.70 bits per heavy atom. The van der Waals surface area contributed by atoms with Gasteiger partial charge in [-0.2, -0.15) is 27.1 Å². The van der Waals surface area contributed by atoms with Gasteiger partial charge in [-0.15, -0.1) is 4.40 Å². The molecular weight excluding hydrogens is 947 g/mol. The fraction of sp³-hybridized carbons (Fsp3) is 0.350. The van der Waals surface area contributed by atoms with E-state index in [1.807, 2.05) is 0 Å². The number of nitrogens with two attached hydrogens (primary N) is 1. The second-order valence-corrected chi connectivity index (χ2v) is 17.9. The van der Waals surface area contributed by atoms with E-state index in [4.69, 9.17) is 17.3 Å². The molecule has 3 heterocycles. The van der Waals surface area contributed by atoms with Crippen LogP contribution in [0.25, 0.3) is 17.1 Å². The number of fused-ring (bicyclic) bond motifs is 3. The van der Waals surface area contributed by atoms with Crippen molar-refractivity contribution < 1.29 is 61.5 Å². The molecule has 66 heavy (non-hydrogen) atoms. The summed E-state index contributed by atoms with van der Waals surface area (Å²) < 4.78 is 188. The van der Waals surface area contributed by atoms with Gasteiger partial charge in [-0.25, -0.2) is 44.7 Å². The van der Waals surface area contributed by atoms with Crippen molar-refractivity contribution in [3.8, 4) is 17.1 Å². The molecule has 26 heteroatoms. The molecule has 3 aliphatic carbocycles. The number of aromatic nitrogens is 5. The Morgan fingerprint density at radius 1 is 1.00 bits per heavy atom. The van der Waals surface area contributed by atoms with Gasteiger partial charge in [-0.1, -0.05) is 17.7 Å². The molecule has 2 aromatic carbocycles. The topological polar surface area (TPSA) is 179 Å². The van der Waals surface area contributed by atoms with Crippen LogP contribution in [-0.2, 0) is 39.9 Å². The van der Waals surface area contributed by atoms with E-state index in [2.05, 4.69) is 30.1 Å². The van der Waals surface area contributed by atoms with Crippen molar-refractivity contribution in [1.82, 2.24) is 29.6 Å². The molecule has 350 valence electrons. The zero-order chi connectivity index (χ0) is 47.8. The van der Waals surface area contributed by atoms with Crippen molar-refractivity contribution in [3.05, 3.63) is 121 Å². The second kappa shape index (κ2) is 17.0. The highest BCUT2D eigenvalue weighted by atomic mass is 35.5. The van der Waals surface area contributed by atoms with E-state index in [0.29, 0.717) is 27.4 Å². The van der Waals surface area contributed by atoms with Crippen LogP contribution in [0, 0.1) is 17.6 Å². The summed E-state index contributed by atoms with van der Waals surface area (Å²) in [6.07, 6.45) is -12.0. The SMILES string of the molecule is NC(=NS(=O)(=O)C1CC1)c1c(Cl)ccc(-n2c([C@H](Cc3cc(F)cc(F)c3)NC(=O)Cn3nc(C(F)F)c4c3C(F)(F)[C@@H]3C[C@H]43)nc(-c3cccc(C(F)(F)F)n3)cc2=O)c1NCC(F)F. The number of pyridine rings is 1. The van der Waals surface area contributed by atoms with E-state index >= 15 is 8.78 Å². The molecular formula is C40H31ClF11N9O4S. The quantitative estimate of drug-likeness (QED) is 0.0543. The number of hydrogen-bond donors (Lipinski definition) is 3. The van der Waals surface area contributed by atoms with Crippen molar-refractivity contribution in [2.75, 3.05) is 11.9 Å². The van der Waals surface area contributed by atoms with Crippen LogP contribution in [0.2, 0.25) is 5.02 Å². The normalized spacial score (nSPS) is 18.4. The number of rotatable bonds is 15. The molecule has 4 N–H and O–H groups in total. The Morgan fingerprint density at radius 3 is 2.33 bits per heavy atom. The molecule has 0 bridgehead atoms. The third-order valence-corrected chi connectivity index (χ3v) is 13.0. The first kappa shape index (κ1) is 46.4. The lowest BCUT2D eigenvalue weighted by Gasteiger charge is -2.26. The molecule has 3 aliphatic rings. The molecule has 8 rings (SSSR count). The standard InChI is InChI=1S/C40H31ClF11N9O4S/c41-22-6-7-26(33(54-14-28(44)45)32(22)37(53)59-66(64,65)19-4-5-19)61-30(63)13-24(23-2-1-3-27(55-23)40(50,51)52)57-38(61)25(10-16-8-17(42)11-18(43)9-16)56-29(62)15-60-35-31(34(58-60)36(46)47)20-12-21(20)39(35,48)49/h1-3,6-9,11,13,19-21,25,28,36,54H,4-5,10,12,14-15H2,(H2,53,59)(H,56,62)/t20-,21+,25-/m0/s1. The minimum Gasteiger partial charge on any atom is -0.382 e. The molecule has 2 saturated carbocycles. The lowest BCUT2D eigenvalue weighted by molar-refractivity contribution is -0.141. The van der Waals surface area contributed by atoms with Crippen LogP contribution in [0.4, 0.5) is 54.0 Å². The van der Waals surface area contributed by atoms with E-state index < -0.39 is 168 Å². The van der Waals surface area contributed by atoms with E-state index in [9.17, 15) is 57.5 Å². The molecule has 0 unspecified atom stereocenters. The van der Waals surface area contributed by atoms with Crippen LogP contribution >= 0.6 is 11.6 Å². The Balaban J connectivity index is 1.35. The molecule has 0 aliphatic heterocycles. The molecule has 0 radical (unpaired) electrons. The maximum atomic E-state index is 15.5. The molecule has 13 nitrogen and oxygen atoms in total. The molecule has 5 aromatic rings. The number of amidine groups is 1. The molecule has 0 spiro atoms. The van der Waals surface area contributed by atoms with Gasteiger partial charge in [0.1, 0.15) is 46.9 Å². The number of nitrogens with zero attached hydrogens (tertiary/aromatic N) is 6. The van der Waals surface area contributed by atoms with E-state index in [1.54, 1.807) is 0 Å². The zero-order valence-electron chi connectivity index (χ0n) is 33.2. The fourth-order valence-corrected chi connectivity index (χ4v) is 9.45. The number of carbonyl (C=O) groups is 1. The van der Waals surface area contributed by atoms with Crippen LogP contribution in [0.3, 0.4) is 0 Å². The molecule has 1 amide bonds. The maximum Gasteiger partial charge on any atom is 0.433 e. The maximum absolute atomic E-state index is 15.5. The van der Waals surface area contributed by atoms with E-state index in [1.165, 1.54) is 0 Å². The summed E-state index contributed by atoms with van der Waals surface area (Å²) in [4.78, 5) is 36.5. The first-order valence-electron chi connectivity index (χ1n) is 19.6. The van der Waals surface area contributed by atoms with Gasteiger partial charge in [-0.3, -0.25) is 18.8 Å². The number of anilines is 1. The number of carbonyl (C=O) groups excluding carboxylic acids is 1. The predicted molar refractivity (Wildman–Crippen MR) is 213 cm³/mol. The molecule has 2 fully saturated rings. The average molecular weight is 978 g/mol. The lowest BCUT2D eigenvalue weighted by Crippen LogP contribution is -2.38. The second-order valence-electron chi connectivity index (χ2n) is 15.6. The number of nitrogens with one attached hydrogen (secondary N) is 2. The Kier molecular flexibility index (Phi) is 11.9. The van der Waals surface area contributed by atoms with Gasteiger partial charge in [0.25, 0.3) is 34.4 Å². The van der Waals surface area contributed by atoms with E-state index in [0.717, 1.165) is 36.4 Å². The minimum absolute atomic E-state index is 0.113. The Hall–Kier alpha value is -6.11. The fourth-order valence-electron chi connectivity index (χ4n) is 7.95. The van der Waals surface area contributed by atoms with E-state index in [-0.39, 0.29) is 24.8 Å². The summed E-state index contributed by atoms with van der Waals surface area (Å²) >= 11 is 6.48. The van der Waals surface area contributed by atoms with Crippen molar-refractivity contribution >= 4 is 39.1 Å². The van der Waals surface area contributed by atoms with Gasteiger partial charge < -0.3 is 16.4 Å². The van der Waals surface area contributed by atoms with Gasteiger partial charge in [0.05, 0.1) is 51.2 Å². The summed E-state index contributed by atoms with van der Waals surface area (Å²) in [6, 6.07) is 5.32. The van der Waals surface area contributed by atoms with Crippen molar-refractivity contribution in [3.63, 3.8) is 0 Å². The van der Waals surface area contributed by atoms with Crippen LogP contribution < -0.4 is 21.9 Å². The lowest BCUT2D eigenvalue weighted by atomic mass is 10.0. The number of sulfonamides is 1. The van der Waals surface area contributed by atoms with Crippen molar-refractivity contribution in [1.29, 1.82) is 0 Å². The summed E-state index contributed by atoms with van der Waals surface area (Å²) in [5.74, 6) is -11.2. The highest BCUT2D eigenvalue weighted by Crippen LogP contribution is 2.68. The minimum atomic E-state index is -5.03. The monoisotopic (exact) mass is 977 g/mol. The van der Waals surface area contributed by atoms with Gasteiger partial charge in [0, 0.05) is 30.0 Å². The summed E-state index contributed by atoms with van der Waals surface area (Å²) in [5, 5.41) is 7.01. The number of halogens is 12.